The Hall–Kier alpha value is -2.10. The lowest BCUT2D eigenvalue weighted by Gasteiger charge is -1.99. The predicted octanol–water partition coefficient (Wildman–Crippen LogP) is 1.27. The molecular formula is C11H11NO3. The molecule has 1 amide bonds. The van der Waals surface area contributed by atoms with E-state index in [2.05, 4.69) is 0 Å². The second kappa shape index (κ2) is 4.95. The fourth-order valence-electron chi connectivity index (χ4n) is 1.14. The van der Waals surface area contributed by atoms with Gasteiger partial charge in [0.2, 0.25) is 5.91 Å². The van der Waals surface area contributed by atoms with Crippen molar-refractivity contribution in [2.75, 3.05) is 0 Å². The number of amides is 1. The number of carboxylic acids is 1. The van der Waals surface area contributed by atoms with Crippen molar-refractivity contribution in [2.45, 2.75) is 6.42 Å². The van der Waals surface area contributed by atoms with Crippen LogP contribution in [0.25, 0.3) is 6.08 Å². The smallest absolute Gasteiger partial charge is 0.336 e. The van der Waals surface area contributed by atoms with Gasteiger partial charge in [-0.05, 0) is 11.6 Å². The minimum Gasteiger partial charge on any atom is -0.478 e. The number of nitrogens with two attached hydrogens (primary N) is 1. The molecule has 78 valence electrons. The molecule has 0 atom stereocenters. The van der Waals surface area contributed by atoms with E-state index >= 15 is 0 Å². The van der Waals surface area contributed by atoms with Gasteiger partial charge in [0.05, 0.1) is 5.56 Å². The standard InChI is InChI=1S/C11H11NO3/c12-10(13)7-3-5-8-4-1-2-6-9(8)11(14)15/h1-6H,7H2,(H2,12,13)(H,14,15). The third-order valence-electron chi connectivity index (χ3n) is 1.81. The molecule has 0 aliphatic carbocycles. The van der Waals surface area contributed by atoms with Gasteiger partial charge >= 0.3 is 5.97 Å². The van der Waals surface area contributed by atoms with Crippen LogP contribution in [-0.4, -0.2) is 17.0 Å². The Bertz CT molecular complexity index is 410. The topological polar surface area (TPSA) is 80.4 Å². The van der Waals surface area contributed by atoms with E-state index in [1.165, 1.54) is 6.07 Å². The molecule has 1 rings (SSSR count). The third-order valence-corrected chi connectivity index (χ3v) is 1.81. The summed E-state index contributed by atoms with van der Waals surface area (Å²) in [6.07, 6.45) is 3.23. The van der Waals surface area contributed by atoms with Gasteiger partial charge in [-0.2, -0.15) is 0 Å². The summed E-state index contributed by atoms with van der Waals surface area (Å²) in [5, 5.41) is 8.85. The molecular weight excluding hydrogens is 194 g/mol. The lowest BCUT2D eigenvalue weighted by Crippen LogP contribution is -2.08. The first-order valence-electron chi connectivity index (χ1n) is 4.38. The summed E-state index contributed by atoms with van der Waals surface area (Å²) in [6, 6.07) is 6.55. The lowest BCUT2D eigenvalue weighted by atomic mass is 10.1. The monoisotopic (exact) mass is 205 g/mol. The summed E-state index contributed by atoms with van der Waals surface area (Å²) >= 11 is 0. The average molecular weight is 205 g/mol. The maximum absolute atomic E-state index is 10.8. The molecule has 0 fully saturated rings. The van der Waals surface area contributed by atoms with Crippen molar-refractivity contribution < 1.29 is 14.7 Å². The molecule has 1 aromatic rings. The van der Waals surface area contributed by atoms with Gasteiger partial charge in [0, 0.05) is 6.42 Å². The number of carbonyl (C=O) groups is 2. The van der Waals surface area contributed by atoms with Crippen molar-refractivity contribution in [3.8, 4) is 0 Å². The van der Waals surface area contributed by atoms with Crippen LogP contribution in [0.3, 0.4) is 0 Å². The summed E-state index contributed by atoms with van der Waals surface area (Å²) in [5.74, 6) is -1.44. The molecule has 0 saturated heterocycles. The van der Waals surface area contributed by atoms with E-state index in [1.54, 1.807) is 30.4 Å². The van der Waals surface area contributed by atoms with E-state index in [0.717, 1.165) is 0 Å². The fraction of sp³-hybridized carbons (Fsp3) is 0.0909. The number of hydrogen-bond donors (Lipinski definition) is 2. The minimum atomic E-state index is -0.991. The summed E-state index contributed by atoms with van der Waals surface area (Å²) in [6.45, 7) is 0. The largest absolute Gasteiger partial charge is 0.478 e. The zero-order chi connectivity index (χ0) is 11.3. The van der Waals surface area contributed by atoms with Crippen molar-refractivity contribution in [3.63, 3.8) is 0 Å². The number of benzene rings is 1. The van der Waals surface area contributed by atoms with Crippen molar-refractivity contribution >= 4 is 18.0 Å². The molecule has 0 aliphatic heterocycles. The highest BCUT2D eigenvalue weighted by Crippen LogP contribution is 2.10. The van der Waals surface area contributed by atoms with Crippen molar-refractivity contribution in [1.82, 2.24) is 0 Å². The number of rotatable bonds is 4. The predicted molar refractivity (Wildman–Crippen MR) is 56.2 cm³/mol. The van der Waals surface area contributed by atoms with E-state index in [0.29, 0.717) is 5.56 Å². The quantitative estimate of drug-likeness (QED) is 0.776. The molecule has 0 unspecified atom stereocenters. The van der Waals surface area contributed by atoms with Gasteiger partial charge in [-0.3, -0.25) is 4.79 Å². The SMILES string of the molecule is NC(=O)CC=Cc1ccccc1C(=O)O. The average Bonchev–Trinajstić information content (AvgIpc) is 2.17. The second-order valence-electron chi connectivity index (χ2n) is 2.97. The third kappa shape index (κ3) is 3.27. The number of primary amides is 1. The van der Waals surface area contributed by atoms with Crippen LogP contribution in [0.15, 0.2) is 30.3 Å². The molecule has 4 nitrogen and oxygen atoms in total. The van der Waals surface area contributed by atoms with E-state index in [-0.39, 0.29) is 12.0 Å². The highest BCUT2D eigenvalue weighted by molar-refractivity contribution is 5.92. The molecule has 1 aromatic carbocycles. The summed E-state index contributed by atoms with van der Waals surface area (Å²) in [5.41, 5.74) is 5.72. The van der Waals surface area contributed by atoms with E-state index < -0.39 is 11.9 Å². The number of carbonyl (C=O) groups excluding carboxylic acids is 1. The van der Waals surface area contributed by atoms with E-state index in [1.807, 2.05) is 0 Å². The van der Waals surface area contributed by atoms with Gasteiger partial charge < -0.3 is 10.8 Å². The molecule has 0 spiro atoms. The van der Waals surface area contributed by atoms with Crippen molar-refractivity contribution in [1.29, 1.82) is 0 Å². The molecule has 3 N–H and O–H groups in total. The van der Waals surface area contributed by atoms with E-state index in [4.69, 9.17) is 10.8 Å². The Morgan fingerprint density at radius 1 is 1.33 bits per heavy atom. The van der Waals surface area contributed by atoms with Gasteiger partial charge in [0.1, 0.15) is 0 Å². The molecule has 15 heavy (non-hydrogen) atoms. The zero-order valence-electron chi connectivity index (χ0n) is 8.01. The van der Waals surface area contributed by atoms with Gasteiger partial charge in [0.25, 0.3) is 0 Å². The van der Waals surface area contributed by atoms with E-state index in [9.17, 15) is 9.59 Å². The van der Waals surface area contributed by atoms with Gasteiger partial charge in [-0.25, -0.2) is 4.79 Å². The first-order chi connectivity index (χ1) is 7.11. The Labute approximate surface area is 87.0 Å². The van der Waals surface area contributed by atoms with Crippen LogP contribution in [0.5, 0.6) is 0 Å². The van der Waals surface area contributed by atoms with Crippen LogP contribution in [0.4, 0.5) is 0 Å². The highest BCUT2D eigenvalue weighted by atomic mass is 16.4. The van der Waals surface area contributed by atoms with Crippen LogP contribution >= 0.6 is 0 Å². The van der Waals surface area contributed by atoms with Crippen LogP contribution in [0.2, 0.25) is 0 Å². The van der Waals surface area contributed by atoms with Crippen LogP contribution in [0.1, 0.15) is 22.3 Å². The number of aromatic carboxylic acids is 1. The van der Waals surface area contributed by atoms with Crippen LogP contribution in [0, 0.1) is 0 Å². The molecule has 0 aromatic heterocycles. The molecule has 0 aliphatic rings. The lowest BCUT2D eigenvalue weighted by molar-refractivity contribution is -0.117. The number of carboxylic acid groups (broad SMARTS) is 1. The maximum atomic E-state index is 10.8. The number of hydrogen-bond acceptors (Lipinski definition) is 2. The maximum Gasteiger partial charge on any atom is 0.336 e. The van der Waals surface area contributed by atoms with Gasteiger partial charge in [-0.15, -0.1) is 0 Å². The minimum absolute atomic E-state index is 0.105. The molecule has 0 saturated carbocycles. The normalized spacial score (nSPS) is 10.4. The second-order valence-corrected chi connectivity index (χ2v) is 2.97. The Morgan fingerprint density at radius 2 is 2.00 bits per heavy atom. The summed E-state index contributed by atoms with van der Waals surface area (Å²) in [4.78, 5) is 21.3. The zero-order valence-corrected chi connectivity index (χ0v) is 8.01. The first-order valence-corrected chi connectivity index (χ1v) is 4.38. The molecule has 4 heteroatoms. The Morgan fingerprint density at radius 3 is 2.60 bits per heavy atom. The van der Waals surface area contributed by atoms with Crippen LogP contribution in [-0.2, 0) is 4.79 Å². The van der Waals surface area contributed by atoms with Crippen molar-refractivity contribution in [3.05, 3.63) is 41.5 Å². The van der Waals surface area contributed by atoms with Gasteiger partial charge in [0.15, 0.2) is 0 Å². The molecule has 0 radical (unpaired) electrons. The Balaban J connectivity index is 2.89. The Kier molecular flexibility index (Phi) is 3.62. The molecule has 0 bridgehead atoms. The van der Waals surface area contributed by atoms with Crippen LogP contribution < -0.4 is 5.73 Å². The summed E-state index contributed by atoms with van der Waals surface area (Å²) < 4.78 is 0. The van der Waals surface area contributed by atoms with Crippen molar-refractivity contribution in [2.24, 2.45) is 5.73 Å². The first kappa shape index (κ1) is 11.0. The van der Waals surface area contributed by atoms with Gasteiger partial charge in [-0.1, -0.05) is 30.4 Å². The summed E-state index contributed by atoms with van der Waals surface area (Å²) in [7, 11) is 0. The fourth-order valence-corrected chi connectivity index (χ4v) is 1.14. The molecule has 0 heterocycles. The highest BCUT2D eigenvalue weighted by Gasteiger charge is 2.05.